The molecular weight excluding hydrogens is 304 g/mol. The third kappa shape index (κ3) is 3.77. The van der Waals surface area contributed by atoms with Crippen LogP contribution in [-0.4, -0.2) is 25.0 Å². The Morgan fingerprint density at radius 1 is 1.04 bits per heavy atom. The standard InChI is InChI=1S/C19H26N2O3/c1-2-24-19(23)12-20-18(22)13-21-16-9-5-3-7-14(16)11-15-8-4-6-10-17(15)21/h11H,2-10,12-13H2,1H3/p+1. The highest BCUT2D eigenvalue weighted by Gasteiger charge is 2.30. The number of hydrogen-bond donors (Lipinski definition) is 1. The summed E-state index contributed by atoms with van der Waals surface area (Å²) in [5, 5.41) is 2.70. The molecule has 1 heterocycles. The average Bonchev–Trinajstić information content (AvgIpc) is 2.60. The van der Waals surface area contributed by atoms with Crippen LogP contribution in [0.15, 0.2) is 6.07 Å². The van der Waals surface area contributed by atoms with Crippen molar-refractivity contribution in [1.82, 2.24) is 5.32 Å². The molecule has 2 aliphatic carbocycles. The number of aryl methyl sites for hydroxylation is 2. The van der Waals surface area contributed by atoms with Crippen LogP contribution in [0.2, 0.25) is 0 Å². The molecule has 130 valence electrons. The zero-order valence-electron chi connectivity index (χ0n) is 14.5. The van der Waals surface area contributed by atoms with E-state index in [-0.39, 0.29) is 18.4 Å². The number of hydrogen-bond acceptors (Lipinski definition) is 3. The van der Waals surface area contributed by atoms with Crippen molar-refractivity contribution in [2.24, 2.45) is 0 Å². The van der Waals surface area contributed by atoms with Crippen molar-refractivity contribution in [2.45, 2.75) is 64.8 Å². The number of rotatable bonds is 5. The molecule has 1 amide bonds. The highest BCUT2D eigenvalue weighted by Crippen LogP contribution is 2.25. The lowest BCUT2D eigenvalue weighted by molar-refractivity contribution is -0.700. The van der Waals surface area contributed by atoms with Crippen molar-refractivity contribution in [3.05, 3.63) is 28.6 Å². The van der Waals surface area contributed by atoms with Gasteiger partial charge in [-0.3, -0.25) is 9.59 Å². The van der Waals surface area contributed by atoms with Crippen molar-refractivity contribution in [3.8, 4) is 0 Å². The number of amides is 1. The van der Waals surface area contributed by atoms with E-state index in [0.29, 0.717) is 13.2 Å². The van der Waals surface area contributed by atoms with E-state index in [9.17, 15) is 9.59 Å². The van der Waals surface area contributed by atoms with Crippen LogP contribution < -0.4 is 9.88 Å². The van der Waals surface area contributed by atoms with E-state index < -0.39 is 0 Å². The van der Waals surface area contributed by atoms with Crippen LogP contribution in [0.25, 0.3) is 0 Å². The molecule has 0 aromatic carbocycles. The number of aromatic nitrogens is 1. The molecule has 1 aromatic rings. The van der Waals surface area contributed by atoms with E-state index in [2.05, 4.69) is 16.0 Å². The number of ether oxygens (including phenoxy) is 1. The van der Waals surface area contributed by atoms with Crippen molar-refractivity contribution in [3.63, 3.8) is 0 Å². The molecule has 0 fully saturated rings. The van der Waals surface area contributed by atoms with Gasteiger partial charge in [-0.05, 0) is 51.5 Å². The fourth-order valence-corrected chi connectivity index (χ4v) is 3.90. The first-order valence-corrected chi connectivity index (χ1v) is 9.17. The molecule has 0 saturated carbocycles. The van der Waals surface area contributed by atoms with E-state index >= 15 is 0 Å². The molecule has 5 nitrogen and oxygen atoms in total. The van der Waals surface area contributed by atoms with Crippen molar-refractivity contribution in [1.29, 1.82) is 0 Å². The molecule has 24 heavy (non-hydrogen) atoms. The second-order valence-electron chi connectivity index (χ2n) is 6.67. The van der Waals surface area contributed by atoms with E-state index in [1.54, 1.807) is 6.92 Å². The maximum absolute atomic E-state index is 12.4. The van der Waals surface area contributed by atoms with Gasteiger partial charge in [0, 0.05) is 24.0 Å². The summed E-state index contributed by atoms with van der Waals surface area (Å²) >= 11 is 0. The summed E-state index contributed by atoms with van der Waals surface area (Å²) in [4.78, 5) is 23.8. The molecule has 2 aliphatic rings. The molecule has 0 saturated heterocycles. The lowest BCUT2D eigenvalue weighted by Gasteiger charge is -2.21. The lowest BCUT2D eigenvalue weighted by atomic mass is 9.88. The van der Waals surface area contributed by atoms with Gasteiger partial charge in [-0.25, -0.2) is 0 Å². The topological polar surface area (TPSA) is 59.3 Å². The molecule has 0 bridgehead atoms. The van der Waals surface area contributed by atoms with Crippen molar-refractivity contribution in [2.75, 3.05) is 13.2 Å². The summed E-state index contributed by atoms with van der Waals surface area (Å²) in [5.41, 5.74) is 5.49. The summed E-state index contributed by atoms with van der Waals surface area (Å²) in [6.45, 7) is 2.36. The quantitative estimate of drug-likeness (QED) is 0.656. The minimum atomic E-state index is -0.382. The van der Waals surface area contributed by atoms with Crippen LogP contribution >= 0.6 is 0 Å². The van der Waals surface area contributed by atoms with Crippen LogP contribution in [0.3, 0.4) is 0 Å². The van der Waals surface area contributed by atoms with Gasteiger partial charge in [0.05, 0.1) is 6.61 Å². The van der Waals surface area contributed by atoms with Gasteiger partial charge >= 0.3 is 5.97 Å². The van der Waals surface area contributed by atoms with Gasteiger partial charge in [-0.1, -0.05) is 0 Å². The predicted molar refractivity (Wildman–Crippen MR) is 89.6 cm³/mol. The van der Waals surface area contributed by atoms with Crippen LogP contribution in [0.1, 0.15) is 55.1 Å². The fourth-order valence-electron chi connectivity index (χ4n) is 3.90. The Hall–Kier alpha value is -1.91. The Morgan fingerprint density at radius 3 is 2.21 bits per heavy atom. The summed E-state index contributed by atoms with van der Waals surface area (Å²) < 4.78 is 7.10. The van der Waals surface area contributed by atoms with Crippen LogP contribution in [0.4, 0.5) is 0 Å². The predicted octanol–water partition coefficient (Wildman–Crippen LogP) is 1.41. The lowest BCUT2D eigenvalue weighted by Crippen LogP contribution is -2.51. The van der Waals surface area contributed by atoms with E-state index in [4.69, 9.17) is 4.74 Å². The Morgan fingerprint density at radius 2 is 1.62 bits per heavy atom. The SMILES string of the molecule is CCOC(=O)CNC(=O)C[n+]1c2c(cc3c1CCCC3)CCCC2. The number of nitrogens with zero attached hydrogens (tertiary/aromatic N) is 1. The van der Waals surface area contributed by atoms with Crippen molar-refractivity contribution < 1.29 is 18.9 Å². The zero-order valence-corrected chi connectivity index (χ0v) is 14.5. The molecule has 0 spiro atoms. The second-order valence-corrected chi connectivity index (χ2v) is 6.67. The van der Waals surface area contributed by atoms with Gasteiger partial charge in [0.1, 0.15) is 6.54 Å². The summed E-state index contributed by atoms with van der Waals surface area (Å²) in [6, 6.07) is 2.38. The maximum Gasteiger partial charge on any atom is 0.325 e. The van der Waals surface area contributed by atoms with Gasteiger partial charge < -0.3 is 10.1 Å². The van der Waals surface area contributed by atoms with E-state index in [0.717, 1.165) is 25.7 Å². The second kappa shape index (κ2) is 7.77. The minimum Gasteiger partial charge on any atom is -0.465 e. The molecule has 5 heteroatoms. The Labute approximate surface area is 143 Å². The van der Waals surface area contributed by atoms with Gasteiger partial charge in [-0.2, -0.15) is 4.57 Å². The third-order valence-electron chi connectivity index (χ3n) is 5.00. The molecular formula is C19H27N2O3+. The van der Waals surface area contributed by atoms with E-state index in [1.807, 2.05) is 0 Å². The first-order chi connectivity index (χ1) is 11.7. The Balaban J connectivity index is 1.78. The third-order valence-corrected chi connectivity index (χ3v) is 5.00. The first kappa shape index (κ1) is 16.9. The van der Waals surface area contributed by atoms with Crippen LogP contribution in [-0.2, 0) is 46.6 Å². The molecule has 3 rings (SSSR count). The largest absolute Gasteiger partial charge is 0.465 e. The molecule has 0 atom stereocenters. The van der Waals surface area contributed by atoms with Crippen LogP contribution in [0, 0.1) is 0 Å². The number of pyridine rings is 1. The van der Waals surface area contributed by atoms with Crippen molar-refractivity contribution >= 4 is 11.9 Å². The fraction of sp³-hybridized carbons (Fsp3) is 0.632. The summed E-state index contributed by atoms with van der Waals surface area (Å²) in [7, 11) is 0. The molecule has 1 aromatic heterocycles. The van der Waals surface area contributed by atoms with Gasteiger partial charge in [0.2, 0.25) is 6.54 Å². The van der Waals surface area contributed by atoms with Crippen LogP contribution in [0.5, 0.6) is 0 Å². The monoisotopic (exact) mass is 331 g/mol. The first-order valence-electron chi connectivity index (χ1n) is 9.17. The number of fused-ring (bicyclic) bond motifs is 2. The van der Waals surface area contributed by atoms with E-state index in [1.165, 1.54) is 48.2 Å². The zero-order chi connectivity index (χ0) is 16.9. The molecule has 0 unspecified atom stereocenters. The average molecular weight is 331 g/mol. The maximum atomic E-state index is 12.4. The minimum absolute atomic E-state index is 0.0511. The Bertz CT molecular complexity index is 606. The molecule has 0 radical (unpaired) electrons. The van der Waals surface area contributed by atoms with Gasteiger partial charge in [0.15, 0.2) is 11.4 Å². The summed E-state index contributed by atoms with van der Waals surface area (Å²) in [5.74, 6) is -0.493. The molecule has 0 aliphatic heterocycles. The Kier molecular flexibility index (Phi) is 5.48. The normalized spacial score (nSPS) is 16.0. The smallest absolute Gasteiger partial charge is 0.325 e. The highest BCUT2D eigenvalue weighted by molar-refractivity contribution is 5.81. The summed E-state index contributed by atoms with van der Waals surface area (Å²) in [6.07, 6.45) is 9.19. The molecule has 1 N–H and O–H groups in total. The number of carbonyl (C=O) groups is 2. The number of nitrogens with one attached hydrogen (secondary N) is 1. The van der Waals surface area contributed by atoms with Gasteiger partial charge in [-0.15, -0.1) is 0 Å². The number of carbonyl (C=O) groups excluding carboxylic acids is 2. The highest BCUT2D eigenvalue weighted by atomic mass is 16.5. The van der Waals surface area contributed by atoms with Gasteiger partial charge in [0.25, 0.3) is 5.91 Å². The number of esters is 1.